The molecule has 1 saturated carbocycles. The van der Waals surface area contributed by atoms with Crippen molar-refractivity contribution in [3.8, 4) is 0 Å². The Morgan fingerprint density at radius 2 is 2.44 bits per heavy atom. The van der Waals surface area contributed by atoms with Crippen molar-refractivity contribution < 1.29 is 9.90 Å². The zero-order valence-electron chi connectivity index (χ0n) is 5.08. The molecule has 0 heterocycles. The van der Waals surface area contributed by atoms with Gasteiger partial charge in [0.05, 0.1) is 5.92 Å². The zero-order chi connectivity index (χ0) is 6.85. The molecule has 1 aliphatic carbocycles. The van der Waals surface area contributed by atoms with Crippen molar-refractivity contribution >= 4 is 18.6 Å². The van der Waals surface area contributed by atoms with Gasteiger partial charge in [0.25, 0.3) is 0 Å². The minimum atomic E-state index is -0.637. The van der Waals surface area contributed by atoms with Crippen molar-refractivity contribution in [1.82, 2.24) is 0 Å². The molecular weight excluding hydrogens is 136 g/mol. The average molecular weight is 146 g/mol. The summed E-state index contributed by atoms with van der Waals surface area (Å²) < 4.78 is 0. The molecule has 2 atom stereocenters. The Kier molecular flexibility index (Phi) is 2.01. The molecule has 1 aliphatic rings. The molecule has 2 nitrogen and oxygen atoms in total. The molecule has 3 heteroatoms. The molecule has 0 bridgehead atoms. The van der Waals surface area contributed by atoms with Gasteiger partial charge in [0.1, 0.15) is 0 Å². The number of rotatable bonds is 3. The molecule has 1 fully saturated rings. The number of hydrogen-bond acceptors (Lipinski definition) is 2. The van der Waals surface area contributed by atoms with Crippen LogP contribution in [0.2, 0.25) is 0 Å². The van der Waals surface area contributed by atoms with Gasteiger partial charge in [-0.25, -0.2) is 0 Å². The van der Waals surface area contributed by atoms with Gasteiger partial charge in [0.15, 0.2) is 0 Å². The number of carbonyl (C=O) groups is 1. The molecule has 0 aromatic rings. The highest BCUT2D eigenvalue weighted by atomic mass is 32.1. The fourth-order valence-electron chi connectivity index (χ4n) is 1.03. The van der Waals surface area contributed by atoms with Gasteiger partial charge in [0, 0.05) is 0 Å². The van der Waals surface area contributed by atoms with Crippen LogP contribution in [0.15, 0.2) is 0 Å². The van der Waals surface area contributed by atoms with E-state index in [0.717, 1.165) is 18.6 Å². The van der Waals surface area contributed by atoms with Gasteiger partial charge in [0.2, 0.25) is 0 Å². The van der Waals surface area contributed by atoms with Crippen LogP contribution in [0.4, 0.5) is 0 Å². The van der Waals surface area contributed by atoms with Crippen molar-refractivity contribution in [1.29, 1.82) is 0 Å². The number of hydrogen-bond donors (Lipinski definition) is 2. The van der Waals surface area contributed by atoms with Gasteiger partial charge >= 0.3 is 5.97 Å². The first kappa shape index (κ1) is 6.93. The maximum atomic E-state index is 10.2. The number of aliphatic carboxylic acids is 1. The third-order valence-corrected chi connectivity index (χ3v) is 2.00. The third kappa shape index (κ3) is 1.61. The highest BCUT2D eigenvalue weighted by molar-refractivity contribution is 7.80. The first-order valence-corrected chi connectivity index (χ1v) is 3.72. The molecule has 0 aliphatic heterocycles. The lowest BCUT2D eigenvalue weighted by molar-refractivity contribution is -0.138. The van der Waals surface area contributed by atoms with Gasteiger partial charge in [-0.05, 0) is 24.5 Å². The summed E-state index contributed by atoms with van der Waals surface area (Å²) >= 11 is 4.02. The van der Waals surface area contributed by atoms with E-state index in [1.165, 1.54) is 0 Å². The van der Waals surface area contributed by atoms with E-state index in [2.05, 4.69) is 12.6 Å². The van der Waals surface area contributed by atoms with Gasteiger partial charge in [-0.2, -0.15) is 12.6 Å². The predicted molar refractivity (Wildman–Crippen MR) is 37.7 cm³/mol. The van der Waals surface area contributed by atoms with Gasteiger partial charge in [-0.3, -0.25) is 4.79 Å². The van der Waals surface area contributed by atoms with Crippen LogP contribution in [-0.4, -0.2) is 16.8 Å². The Balaban J connectivity index is 2.17. The molecular formula is C6H10O2S. The topological polar surface area (TPSA) is 37.3 Å². The second-order valence-corrected chi connectivity index (χ2v) is 2.90. The second kappa shape index (κ2) is 2.60. The molecule has 0 saturated heterocycles. The van der Waals surface area contributed by atoms with Crippen LogP contribution >= 0.6 is 12.6 Å². The second-order valence-electron chi connectivity index (χ2n) is 2.45. The van der Waals surface area contributed by atoms with E-state index in [1.807, 2.05) is 0 Å². The summed E-state index contributed by atoms with van der Waals surface area (Å²) in [5.74, 6) is 0.563. The van der Waals surface area contributed by atoms with Crippen LogP contribution in [0.5, 0.6) is 0 Å². The third-order valence-electron chi connectivity index (χ3n) is 1.74. The van der Waals surface area contributed by atoms with Crippen molar-refractivity contribution in [2.24, 2.45) is 11.8 Å². The van der Waals surface area contributed by atoms with E-state index < -0.39 is 5.97 Å². The van der Waals surface area contributed by atoms with Crippen LogP contribution in [0.3, 0.4) is 0 Å². The van der Waals surface area contributed by atoms with E-state index >= 15 is 0 Å². The first-order chi connectivity index (χ1) is 4.25. The molecule has 9 heavy (non-hydrogen) atoms. The number of thiol groups is 1. The lowest BCUT2D eigenvalue weighted by atomic mass is 10.2. The predicted octanol–water partition coefficient (Wildman–Crippen LogP) is 1.03. The van der Waals surface area contributed by atoms with Crippen molar-refractivity contribution in [3.63, 3.8) is 0 Å². The largest absolute Gasteiger partial charge is 0.481 e. The Bertz CT molecular complexity index is 124. The summed E-state index contributed by atoms with van der Waals surface area (Å²) in [6.45, 7) is 0. The lowest BCUT2D eigenvalue weighted by Crippen LogP contribution is -1.99. The fourth-order valence-corrected chi connectivity index (χ4v) is 1.37. The smallest absolute Gasteiger partial charge is 0.306 e. The van der Waals surface area contributed by atoms with E-state index in [4.69, 9.17) is 5.11 Å². The van der Waals surface area contributed by atoms with Crippen LogP contribution in [0.25, 0.3) is 0 Å². The van der Waals surface area contributed by atoms with Gasteiger partial charge in [-0.15, -0.1) is 0 Å². The molecule has 0 aromatic carbocycles. The Hall–Kier alpha value is -0.180. The highest BCUT2D eigenvalue weighted by Gasteiger charge is 2.41. The highest BCUT2D eigenvalue weighted by Crippen LogP contribution is 2.41. The van der Waals surface area contributed by atoms with Crippen molar-refractivity contribution in [3.05, 3.63) is 0 Å². The average Bonchev–Trinajstić information content (AvgIpc) is 2.47. The molecule has 0 amide bonds. The number of carboxylic acids is 1. The lowest BCUT2D eigenvalue weighted by Gasteiger charge is -1.88. The van der Waals surface area contributed by atoms with Crippen LogP contribution in [0, 0.1) is 11.8 Å². The quantitative estimate of drug-likeness (QED) is 0.583. The molecule has 1 rings (SSSR count). The van der Waals surface area contributed by atoms with Crippen LogP contribution in [0.1, 0.15) is 12.8 Å². The van der Waals surface area contributed by atoms with Crippen molar-refractivity contribution in [2.75, 3.05) is 5.75 Å². The Labute approximate surface area is 59.7 Å². The standard InChI is InChI=1S/C6H10O2S/c7-6(8)5-3-4(5)1-2-9/h4-5,9H,1-3H2,(H,7,8). The SMILES string of the molecule is O=C(O)C1CC1CCS. The minimum Gasteiger partial charge on any atom is -0.481 e. The van der Waals surface area contributed by atoms with Gasteiger partial charge in [-0.1, -0.05) is 0 Å². The Morgan fingerprint density at radius 1 is 1.78 bits per heavy atom. The first-order valence-electron chi connectivity index (χ1n) is 3.09. The summed E-state index contributed by atoms with van der Waals surface area (Å²) in [5, 5.41) is 8.43. The van der Waals surface area contributed by atoms with Crippen LogP contribution < -0.4 is 0 Å². The molecule has 52 valence electrons. The normalized spacial score (nSPS) is 32.1. The number of carboxylic acid groups (broad SMARTS) is 1. The maximum absolute atomic E-state index is 10.2. The summed E-state index contributed by atoms with van der Waals surface area (Å²) in [6.07, 6.45) is 1.83. The van der Waals surface area contributed by atoms with Gasteiger partial charge < -0.3 is 5.11 Å². The Morgan fingerprint density at radius 3 is 2.78 bits per heavy atom. The summed E-state index contributed by atoms with van der Waals surface area (Å²) in [4.78, 5) is 10.2. The molecule has 1 N–H and O–H groups in total. The molecule has 2 unspecified atom stereocenters. The zero-order valence-corrected chi connectivity index (χ0v) is 5.97. The fraction of sp³-hybridized carbons (Fsp3) is 0.833. The molecule has 0 spiro atoms. The van der Waals surface area contributed by atoms with E-state index in [1.54, 1.807) is 0 Å². The van der Waals surface area contributed by atoms with Crippen molar-refractivity contribution in [2.45, 2.75) is 12.8 Å². The summed E-state index contributed by atoms with van der Waals surface area (Å²) in [7, 11) is 0. The van der Waals surface area contributed by atoms with E-state index in [9.17, 15) is 4.79 Å². The summed E-state index contributed by atoms with van der Waals surface area (Å²) in [6, 6.07) is 0. The monoisotopic (exact) mass is 146 g/mol. The maximum Gasteiger partial charge on any atom is 0.306 e. The van der Waals surface area contributed by atoms with E-state index in [0.29, 0.717) is 5.92 Å². The molecule has 0 aromatic heterocycles. The molecule has 0 radical (unpaired) electrons. The van der Waals surface area contributed by atoms with Crippen LogP contribution in [-0.2, 0) is 4.79 Å². The summed E-state index contributed by atoms with van der Waals surface area (Å²) in [5.41, 5.74) is 0. The minimum absolute atomic E-state index is 0.0443. The van der Waals surface area contributed by atoms with E-state index in [-0.39, 0.29) is 5.92 Å².